The molecule has 5 nitrogen and oxygen atoms in total. The van der Waals surface area contributed by atoms with Crippen LogP contribution in [-0.2, 0) is 4.74 Å². The lowest BCUT2D eigenvalue weighted by Gasteiger charge is -2.24. The van der Waals surface area contributed by atoms with E-state index in [-0.39, 0.29) is 12.0 Å². The molecule has 0 bridgehead atoms. The van der Waals surface area contributed by atoms with Gasteiger partial charge < -0.3 is 15.4 Å². The number of nitrogens with two attached hydrogens (primary N) is 1. The molecule has 1 unspecified atom stereocenters. The van der Waals surface area contributed by atoms with Gasteiger partial charge in [0.05, 0.1) is 9.90 Å². The number of likely N-dealkylation sites (tertiary alicyclic amines) is 1. The van der Waals surface area contributed by atoms with Gasteiger partial charge in [0, 0.05) is 24.6 Å². The van der Waals surface area contributed by atoms with Gasteiger partial charge in [0.1, 0.15) is 16.7 Å². The van der Waals surface area contributed by atoms with Gasteiger partial charge >= 0.3 is 6.09 Å². The second-order valence-corrected chi connectivity index (χ2v) is 7.71. The van der Waals surface area contributed by atoms with E-state index in [9.17, 15) is 10.1 Å². The number of nitrogens with zero attached hydrogens (tertiary/aromatic N) is 2. The van der Waals surface area contributed by atoms with Crippen LogP contribution in [0.5, 0.6) is 0 Å². The van der Waals surface area contributed by atoms with E-state index in [2.05, 4.69) is 6.07 Å². The Morgan fingerprint density at radius 2 is 2.09 bits per heavy atom. The minimum absolute atomic E-state index is 0.0354. The minimum atomic E-state index is -0.516. The Bertz CT molecular complexity index is 602. The quantitative estimate of drug-likeness (QED) is 0.796. The minimum Gasteiger partial charge on any atom is -0.444 e. The lowest BCUT2D eigenvalue weighted by molar-refractivity contribution is 0.0292. The molecular weight excluding hydrogens is 334 g/mol. The fourth-order valence-corrected chi connectivity index (χ4v) is 3.73. The molecule has 128 valence electrons. The normalized spacial score (nSPS) is 17.3. The van der Waals surface area contributed by atoms with E-state index < -0.39 is 5.60 Å². The summed E-state index contributed by atoms with van der Waals surface area (Å²) in [6.45, 7) is 10.6. The third kappa shape index (κ3) is 4.76. The van der Waals surface area contributed by atoms with E-state index in [1.165, 1.54) is 11.3 Å². The van der Waals surface area contributed by atoms with E-state index in [1.54, 1.807) is 4.90 Å². The molecule has 0 spiro atoms. The Hall–Kier alpha value is -1.45. The van der Waals surface area contributed by atoms with Crippen LogP contribution in [0.2, 0.25) is 4.34 Å². The number of thiophene rings is 1. The largest absolute Gasteiger partial charge is 0.444 e. The van der Waals surface area contributed by atoms with Gasteiger partial charge in [-0.25, -0.2) is 4.79 Å². The van der Waals surface area contributed by atoms with E-state index in [4.69, 9.17) is 22.1 Å². The first-order chi connectivity index (χ1) is 10.7. The van der Waals surface area contributed by atoms with Gasteiger partial charge in [0.15, 0.2) is 0 Å². The predicted molar refractivity (Wildman–Crippen MR) is 95.0 cm³/mol. The van der Waals surface area contributed by atoms with Crippen LogP contribution >= 0.6 is 22.9 Å². The maximum Gasteiger partial charge on any atom is 0.410 e. The third-order valence-corrected chi connectivity index (χ3v) is 4.55. The molecule has 0 aliphatic carbocycles. The van der Waals surface area contributed by atoms with Crippen molar-refractivity contribution in [3.8, 4) is 6.07 Å². The van der Waals surface area contributed by atoms with Gasteiger partial charge in [-0.3, -0.25) is 0 Å². The second kappa shape index (κ2) is 7.89. The van der Waals surface area contributed by atoms with E-state index in [0.29, 0.717) is 28.0 Å². The molecule has 1 aromatic heterocycles. The van der Waals surface area contributed by atoms with E-state index in [1.807, 2.05) is 34.6 Å². The van der Waals surface area contributed by atoms with Crippen molar-refractivity contribution in [2.45, 2.75) is 52.6 Å². The molecule has 0 radical (unpaired) electrons. The Kier molecular flexibility index (Phi) is 6.72. The van der Waals surface area contributed by atoms with Gasteiger partial charge in [0.2, 0.25) is 0 Å². The number of rotatable bonds is 1. The summed E-state index contributed by atoms with van der Waals surface area (Å²) >= 11 is 7.41. The van der Waals surface area contributed by atoms with Crippen LogP contribution in [0, 0.1) is 11.3 Å². The van der Waals surface area contributed by atoms with Crippen LogP contribution in [0.25, 0.3) is 0 Å². The zero-order valence-electron chi connectivity index (χ0n) is 14.3. The summed E-state index contributed by atoms with van der Waals surface area (Å²) in [5.41, 5.74) is 6.50. The van der Waals surface area contributed by atoms with Crippen LogP contribution in [0.3, 0.4) is 0 Å². The fraction of sp³-hybridized carbons (Fsp3) is 0.625. The molecule has 2 heterocycles. The SMILES string of the molecule is CC.CC(C)(C)OC(=O)N1CCC(c2c(Cl)sc(N)c2C#N)C1. The first-order valence-corrected chi connectivity index (χ1v) is 8.88. The van der Waals surface area contributed by atoms with Crippen LogP contribution in [0.1, 0.15) is 58.1 Å². The molecule has 1 aromatic rings. The Balaban J connectivity index is 0.00000127. The van der Waals surface area contributed by atoms with E-state index >= 15 is 0 Å². The molecule has 1 aliphatic rings. The average Bonchev–Trinajstić information content (AvgIpc) is 3.03. The highest BCUT2D eigenvalue weighted by Crippen LogP contribution is 2.42. The third-order valence-electron chi connectivity index (χ3n) is 3.29. The highest BCUT2D eigenvalue weighted by Gasteiger charge is 2.34. The molecule has 0 aromatic carbocycles. The molecular formula is C16H24ClN3O2S. The number of anilines is 1. The van der Waals surface area contributed by atoms with Crippen molar-refractivity contribution >= 4 is 34.0 Å². The maximum atomic E-state index is 12.1. The van der Waals surface area contributed by atoms with Crippen LogP contribution in [0.15, 0.2) is 0 Å². The Morgan fingerprint density at radius 1 is 1.48 bits per heavy atom. The number of halogens is 1. The summed E-state index contributed by atoms with van der Waals surface area (Å²) in [5.74, 6) is 0.0354. The number of hydrogen-bond acceptors (Lipinski definition) is 5. The van der Waals surface area contributed by atoms with Crippen molar-refractivity contribution in [3.05, 3.63) is 15.5 Å². The summed E-state index contributed by atoms with van der Waals surface area (Å²) in [7, 11) is 0. The summed E-state index contributed by atoms with van der Waals surface area (Å²) in [4.78, 5) is 13.7. The number of carbonyl (C=O) groups is 1. The summed E-state index contributed by atoms with van der Waals surface area (Å²) in [6, 6.07) is 2.11. The van der Waals surface area contributed by atoms with Gasteiger partial charge in [-0.15, -0.1) is 11.3 Å². The van der Waals surface area contributed by atoms with Gasteiger partial charge in [-0.2, -0.15) is 5.26 Å². The van der Waals surface area contributed by atoms with Crippen LogP contribution in [-0.4, -0.2) is 29.7 Å². The van der Waals surface area contributed by atoms with Crippen molar-refractivity contribution in [1.29, 1.82) is 5.26 Å². The number of nitrogen functional groups attached to an aromatic ring is 1. The van der Waals surface area contributed by atoms with Gasteiger partial charge in [-0.1, -0.05) is 25.4 Å². The molecule has 0 saturated carbocycles. The molecule has 1 fully saturated rings. The molecule has 23 heavy (non-hydrogen) atoms. The zero-order valence-corrected chi connectivity index (χ0v) is 15.8. The lowest BCUT2D eigenvalue weighted by Crippen LogP contribution is -2.35. The summed E-state index contributed by atoms with van der Waals surface area (Å²) in [6.07, 6.45) is 0.423. The monoisotopic (exact) mass is 357 g/mol. The fourth-order valence-electron chi connectivity index (χ4n) is 2.40. The molecule has 7 heteroatoms. The highest BCUT2D eigenvalue weighted by atomic mass is 35.5. The first-order valence-electron chi connectivity index (χ1n) is 7.68. The number of ether oxygens (including phenoxy) is 1. The van der Waals surface area contributed by atoms with Crippen molar-refractivity contribution in [1.82, 2.24) is 4.90 Å². The zero-order chi connectivity index (χ0) is 17.8. The molecule has 2 N–H and O–H groups in total. The molecule has 1 amide bonds. The number of amides is 1. The second-order valence-electron chi connectivity index (χ2n) is 6.05. The maximum absolute atomic E-state index is 12.1. The predicted octanol–water partition coefficient (Wildman–Crippen LogP) is 4.61. The molecule has 1 saturated heterocycles. The Morgan fingerprint density at radius 3 is 2.61 bits per heavy atom. The average molecular weight is 358 g/mol. The van der Waals surface area contributed by atoms with Crippen LogP contribution < -0.4 is 5.73 Å². The van der Waals surface area contributed by atoms with Crippen molar-refractivity contribution in [2.75, 3.05) is 18.8 Å². The first kappa shape index (κ1) is 19.6. The van der Waals surface area contributed by atoms with Gasteiger partial charge in [-0.05, 0) is 27.2 Å². The van der Waals surface area contributed by atoms with Crippen molar-refractivity contribution in [2.24, 2.45) is 0 Å². The van der Waals surface area contributed by atoms with Crippen LogP contribution in [0.4, 0.5) is 9.80 Å². The summed E-state index contributed by atoms with van der Waals surface area (Å²) in [5, 5.41) is 9.65. The highest BCUT2D eigenvalue weighted by molar-refractivity contribution is 7.20. The standard InChI is InChI=1S/C14H18ClN3O2S.C2H6/c1-14(2,3)20-13(19)18-5-4-8(7-18)10-9(6-16)12(17)21-11(10)15;1-2/h8H,4-5,7,17H2,1-3H3;1-2H3. The number of nitriles is 1. The number of hydrogen-bond donors (Lipinski definition) is 1. The molecule has 1 aliphatic heterocycles. The lowest BCUT2D eigenvalue weighted by atomic mass is 9.97. The smallest absolute Gasteiger partial charge is 0.410 e. The summed E-state index contributed by atoms with van der Waals surface area (Å²) < 4.78 is 5.91. The Labute approximate surface area is 147 Å². The van der Waals surface area contributed by atoms with E-state index in [0.717, 1.165) is 12.0 Å². The number of carbonyl (C=O) groups excluding carboxylic acids is 1. The van der Waals surface area contributed by atoms with Crippen molar-refractivity contribution < 1.29 is 9.53 Å². The molecule has 2 rings (SSSR count). The van der Waals surface area contributed by atoms with Crippen molar-refractivity contribution in [3.63, 3.8) is 0 Å². The van der Waals surface area contributed by atoms with Gasteiger partial charge in [0.25, 0.3) is 0 Å². The topological polar surface area (TPSA) is 79.3 Å². The molecule has 1 atom stereocenters.